The van der Waals surface area contributed by atoms with Crippen LogP contribution in [0, 0.1) is 0 Å². The number of nitrogens with two attached hydrogens (primary N) is 1. The summed E-state index contributed by atoms with van der Waals surface area (Å²) in [7, 11) is -2.69. The lowest BCUT2D eigenvalue weighted by Crippen LogP contribution is -2.42. The molecule has 0 saturated heterocycles. The number of benzene rings is 2. The second kappa shape index (κ2) is 6.35. The van der Waals surface area contributed by atoms with Crippen LogP contribution in [0.2, 0.25) is 5.02 Å². The van der Waals surface area contributed by atoms with Gasteiger partial charge in [0.1, 0.15) is 5.75 Å². The topological polar surface area (TPSA) is 89.7 Å². The fourth-order valence-corrected chi connectivity index (χ4v) is 2.85. The summed E-state index contributed by atoms with van der Waals surface area (Å²) in [6.07, 6.45) is 0. The highest BCUT2D eigenvalue weighted by Gasteiger charge is 2.27. The summed E-state index contributed by atoms with van der Waals surface area (Å²) in [5, 5.41) is 0.429. The van der Waals surface area contributed by atoms with E-state index >= 15 is 0 Å². The molecule has 22 heavy (non-hydrogen) atoms. The van der Waals surface area contributed by atoms with E-state index in [4.69, 9.17) is 22.2 Å². The van der Waals surface area contributed by atoms with Crippen LogP contribution in [-0.2, 0) is 10.0 Å². The van der Waals surface area contributed by atoms with E-state index in [9.17, 15) is 13.2 Å². The Bertz CT molecular complexity index is 773. The van der Waals surface area contributed by atoms with E-state index in [0.717, 1.165) is 0 Å². The summed E-state index contributed by atoms with van der Waals surface area (Å²) in [6.45, 7) is 0. The first-order valence-electron chi connectivity index (χ1n) is 6.10. The minimum absolute atomic E-state index is 0.113. The Morgan fingerprint density at radius 2 is 1.64 bits per heavy atom. The molecule has 0 fully saturated rings. The fraction of sp³-hybridized carbons (Fsp3) is 0.0714. The Morgan fingerprint density at radius 3 is 2.14 bits per heavy atom. The van der Waals surface area contributed by atoms with Crippen LogP contribution in [0.4, 0.5) is 0 Å². The summed E-state index contributed by atoms with van der Waals surface area (Å²) in [5.74, 6) is 5.14. The molecule has 0 aliphatic heterocycles. The number of hydrogen-bond donors (Lipinski definition) is 1. The molecule has 0 heterocycles. The molecule has 1 amide bonds. The molecule has 0 saturated carbocycles. The highest BCUT2D eigenvalue weighted by atomic mass is 35.5. The van der Waals surface area contributed by atoms with E-state index in [1.54, 1.807) is 0 Å². The first-order chi connectivity index (χ1) is 10.4. The predicted molar refractivity (Wildman–Crippen MR) is 82.0 cm³/mol. The SMILES string of the molecule is COc1ccc(S(=O)(=O)N(N)C(=O)c2ccc(Cl)cc2)cc1. The minimum atomic E-state index is -4.15. The molecule has 2 aromatic rings. The number of rotatable bonds is 4. The van der Waals surface area contributed by atoms with Crippen LogP contribution in [-0.4, -0.2) is 25.8 Å². The third-order valence-corrected chi connectivity index (χ3v) is 4.71. The van der Waals surface area contributed by atoms with Gasteiger partial charge in [-0.25, -0.2) is 5.84 Å². The van der Waals surface area contributed by atoms with Crippen molar-refractivity contribution in [1.29, 1.82) is 0 Å². The fourth-order valence-electron chi connectivity index (χ4n) is 1.69. The van der Waals surface area contributed by atoms with Crippen molar-refractivity contribution in [1.82, 2.24) is 4.41 Å². The number of halogens is 1. The lowest BCUT2D eigenvalue weighted by molar-refractivity contribution is 0.0861. The zero-order valence-electron chi connectivity index (χ0n) is 11.6. The Morgan fingerprint density at radius 1 is 1.09 bits per heavy atom. The van der Waals surface area contributed by atoms with Gasteiger partial charge in [-0.1, -0.05) is 11.6 Å². The van der Waals surface area contributed by atoms with Gasteiger partial charge in [0, 0.05) is 10.6 Å². The highest BCUT2D eigenvalue weighted by molar-refractivity contribution is 7.89. The van der Waals surface area contributed by atoms with Gasteiger partial charge >= 0.3 is 0 Å². The third-order valence-electron chi connectivity index (χ3n) is 2.91. The van der Waals surface area contributed by atoms with E-state index in [0.29, 0.717) is 10.8 Å². The van der Waals surface area contributed by atoms with E-state index in [-0.39, 0.29) is 14.9 Å². The van der Waals surface area contributed by atoms with Crippen molar-refractivity contribution in [3.05, 3.63) is 59.1 Å². The molecule has 6 nitrogen and oxygen atoms in total. The zero-order valence-corrected chi connectivity index (χ0v) is 13.1. The number of hydrogen-bond acceptors (Lipinski definition) is 5. The number of nitrogens with zero attached hydrogens (tertiary/aromatic N) is 1. The van der Waals surface area contributed by atoms with Crippen molar-refractivity contribution in [2.45, 2.75) is 4.90 Å². The molecule has 0 aliphatic carbocycles. The Hall–Kier alpha value is -2.09. The Kier molecular flexibility index (Phi) is 4.70. The molecule has 0 aromatic heterocycles. The number of carbonyl (C=O) groups excluding carboxylic acids is 1. The molecule has 2 N–H and O–H groups in total. The predicted octanol–water partition coefficient (Wildman–Crippen LogP) is 2.05. The maximum Gasteiger partial charge on any atom is 0.282 e. The molecular weight excluding hydrogens is 328 g/mol. The van der Waals surface area contributed by atoms with Crippen molar-refractivity contribution in [2.24, 2.45) is 5.84 Å². The van der Waals surface area contributed by atoms with Crippen LogP contribution in [0.15, 0.2) is 53.4 Å². The number of sulfonamides is 1. The molecule has 0 unspecified atom stereocenters. The van der Waals surface area contributed by atoms with Gasteiger partial charge < -0.3 is 4.74 Å². The second-order valence-corrected chi connectivity index (χ2v) is 6.54. The van der Waals surface area contributed by atoms with Crippen LogP contribution >= 0.6 is 11.6 Å². The summed E-state index contributed by atoms with van der Waals surface area (Å²) < 4.78 is 29.8. The smallest absolute Gasteiger partial charge is 0.282 e. The van der Waals surface area contributed by atoms with Gasteiger partial charge in [0.05, 0.1) is 12.0 Å². The molecule has 0 spiro atoms. The molecule has 0 bridgehead atoms. The molecule has 0 aliphatic rings. The third kappa shape index (κ3) is 3.22. The van der Waals surface area contributed by atoms with E-state index < -0.39 is 15.9 Å². The zero-order chi connectivity index (χ0) is 16.3. The van der Waals surface area contributed by atoms with Crippen LogP contribution in [0.25, 0.3) is 0 Å². The van der Waals surface area contributed by atoms with Crippen molar-refractivity contribution in [3.8, 4) is 5.75 Å². The van der Waals surface area contributed by atoms with Crippen molar-refractivity contribution >= 4 is 27.5 Å². The molecule has 0 atom stereocenters. The summed E-state index contributed by atoms with van der Waals surface area (Å²) >= 11 is 5.72. The standard InChI is InChI=1S/C14H13ClN2O4S/c1-21-12-6-8-13(9-7-12)22(19,20)17(16)14(18)10-2-4-11(15)5-3-10/h2-9H,16H2,1H3. The second-order valence-electron chi connectivity index (χ2n) is 4.29. The number of ether oxygens (including phenoxy) is 1. The Labute approximate surface area is 133 Å². The van der Waals surface area contributed by atoms with E-state index in [1.165, 1.54) is 55.6 Å². The van der Waals surface area contributed by atoms with Crippen molar-refractivity contribution in [2.75, 3.05) is 7.11 Å². The summed E-state index contributed by atoms with van der Waals surface area (Å²) in [4.78, 5) is 12.0. The average molecular weight is 341 g/mol. The van der Waals surface area contributed by atoms with E-state index in [2.05, 4.69) is 0 Å². The molecule has 8 heteroatoms. The molecule has 2 rings (SSSR count). The molecule has 2 aromatic carbocycles. The quantitative estimate of drug-likeness (QED) is 0.522. The lowest BCUT2D eigenvalue weighted by Gasteiger charge is -2.17. The maximum absolute atomic E-state index is 12.3. The van der Waals surface area contributed by atoms with Gasteiger partial charge in [-0.2, -0.15) is 12.8 Å². The van der Waals surface area contributed by atoms with Crippen LogP contribution in [0.5, 0.6) is 5.75 Å². The van der Waals surface area contributed by atoms with Crippen LogP contribution in [0.3, 0.4) is 0 Å². The number of carbonyl (C=O) groups is 1. The van der Waals surface area contributed by atoms with Gasteiger partial charge in [0.2, 0.25) is 0 Å². The van der Waals surface area contributed by atoms with E-state index in [1.807, 2.05) is 0 Å². The first-order valence-corrected chi connectivity index (χ1v) is 7.92. The first kappa shape index (κ1) is 16.3. The molecule has 116 valence electrons. The largest absolute Gasteiger partial charge is 0.497 e. The van der Waals surface area contributed by atoms with Crippen molar-refractivity contribution in [3.63, 3.8) is 0 Å². The summed E-state index contributed by atoms with van der Waals surface area (Å²) in [6, 6.07) is 11.3. The monoisotopic (exact) mass is 340 g/mol. The van der Waals surface area contributed by atoms with Gasteiger partial charge in [0.25, 0.3) is 15.9 Å². The number of amides is 1. The van der Waals surface area contributed by atoms with Crippen molar-refractivity contribution < 1.29 is 17.9 Å². The maximum atomic E-state index is 12.3. The van der Waals surface area contributed by atoms with Gasteiger partial charge in [-0.15, -0.1) is 0 Å². The summed E-state index contributed by atoms with van der Waals surface area (Å²) in [5.41, 5.74) is 0.115. The van der Waals surface area contributed by atoms with Crippen LogP contribution < -0.4 is 10.6 Å². The average Bonchev–Trinajstić information content (AvgIpc) is 2.54. The van der Waals surface area contributed by atoms with Gasteiger partial charge in [-0.3, -0.25) is 4.79 Å². The highest BCUT2D eigenvalue weighted by Crippen LogP contribution is 2.19. The van der Waals surface area contributed by atoms with Gasteiger partial charge in [-0.05, 0) is 48.5 Å². The van der Waals surface area contributed by atoms with Gasteiger partial charge in [0.15, 0.2) is 0 Å². The normalized spacial score (nSPS) is 11.0. The molecular formula is C14H13ClN2O4S. The number of hydrazine groups is 1. The van der Waals surface area contributed by atoms with Crippen LogP contribution in [0.1, 0.15) is 10.4 Å². The molecule has 0 radical (unpaired) electrons. The minimum Gasteiger partial charge on any atom is -0.497 e. The Balaban J connectivity index is 2.31. The lowest BCUT2D eigenvalue weighted by atomic mass is 10.2. The number of methoxy groups -OCH3 is 1.